The third-order valence-corrected chi connectivity index (χ3v) is 12.6. The predicted octanol–water partition coefficient (Wildman–Crippen LogP) is 5.39. The van der Waals surface area contributed by atoms with Gasteiger partial charge in [-0.05, 0) is 69.7 Å². The average Bonchev–Trinajstić information content (AvgIpc) is 3.42. The van der Waals surface area contributed by atoms with Crippen LogP contribution in [0.5, 0.6) is 5.75 Å². The highest BCUT2D eigenvalue weighted by molar-refractivity contribution is 7.78. The van der Waals surface area contributed by atoms with E-state index in [0.717, 1.165) is 35.4 Å². The van der Waals surface area contributed by atoms with Crippen molar-refractivity contribution in [3.8, 4) is 5.75 Å². The first kappa shape index (κ1) is 18.7. The van der Waals surface area contributed by atoms with Gasteiger partial charge in [-0.15, -0.1) is 0 Å². The SMILES string of the molecule is CC[P+]1(C2(C(=O)Nc3c(C)cc(OC)cc3C)CC2)CCCCCC1. The van der Waals surface area contributed by atoms with Crippen molar-refractivity contribution >= 4 is 18.9 Å². The second-order valence-electron chi connectivity index (χ2n) is 7.94. The van der Waals surface area contributed by atoms with Crippen molar-refractivity contribution in [2.24, 2.45) is 0 Å². The minimum absolute atomic E-state index is 0.0229. The monoisotopic (exact) mass is 362 g/mol. The third kappa shape index (κ3) is 3.33. The molecule has 0 aromatic heterocycles. The highest BCUT2D eigenvalue weighted by Gasteiger charge is 2.69. The Morgan fingerprint density at radius 1 is 1.12 bits per heavy atom. The van der Waals surface area contributed by atoms with Crippen molar-refractivity contribution in [1.82, 2.24) is 0 Å². The van der Waals surface area contributed by atoms with Crippen molar-refractivity contribution in [2.45, 2.75) is 64.5 Å². The van der Waals surface area contributed by atoms with Crippen LogP contribution in [0.3, 0.4) is 0 Å². The number of aryl methyl sites for hydroxylation is 2. The molecule has 2 aliphatic rings. The molecule has 1 saturated carbocycles. The number of ether oxygens (including phenoxy) is 1. The molecule has 2 fully saturated rings. The summed E-state index contributed by atoms with van der Waals surface area (Å²) in [5.74, 6) is 1.16. The molecule has 0 atom stereocenters. The standard InChI is InChI=1S/C21H32NO2P/c1-5-25(12-8-6-7-9-13-25)21(10-11-21)20(23)22-19-16(2)14-18(24-4)15-17(19)3/h14-15H,5-13H2,1-4H3/p+1. The van der Waals surface area contributed by atoms with Gasteiger partial charge in [0.25, 0.3) is 5.91 Å². The van der Waals surface area contributed by atoms with E-state index in [1.165, 1.54) is 44.2 Å². The molecule has 1 aliphatic heterocycles. The van der Waals surface area contributed by atoms with Crippen LogP contribution < -0.4 is 10.1 Å². The summed E-state index contributed by atoms with van der Waals surface area (Å²) in [5.41, 5.74) is 3.16. The zero-order valence-electron chi connectivity index (χ0n) is 16.3. The molecule has 25 heavy (non-hydrogen) atoms. The van der Waals surface area contributed by atoms with E-state index in [-0.39, 0.29) is 5.16 Å². The molecule has 1 aromatic rings. The fourth-order valence-corrected chi connectivity index (χ4v) is 10.4. The normalized spacial score (nSPS) is 21.3. The van der Waals surface area contributed by atoms with Crippen LogP contribution in [0.25, 0.3) is 0 Å². The van der Waals surface area contributed by atoms with Gasteiger partial charge in [-0.1, -0.05) is 0 Å². The largest absolute Gasteiger partial charge is 0.497 e. The smallest absolute Gasteiger partial charge is 0.268 e. The van der Waals surface area contributed by atoms with Gasteiger partial charge >= 0.3 is 0 Å². The van der Waals surface area contributed by atoms with Gasteiger partial charge in [0.1, 0.15) is 5.75 Å². The molecule has 1 saturated heterocycles. The first-order valence-electron chi connectivity index (χ1n) is 9.81. The van der Waals surface area contributed by atoms with Crippen LogP contribution in [0.2, 0.25) is 0 Å². The van der Waals surface area contributed by atoms with Crippen LogP contribution in [0.1, 0.15) is 56.6 Å². The number of anilines is 1. The number of methoxy groups -OCH3 is 1. The molecule has 4 heteroatoms. The second-order valence-corrected chi connectivity index (χ2v) is 12.6. The lowest BCUT2D eigenvalue weighted by molar-refractivity contribution is -0.116. The number of carbonyl (C=O) groups excluding carboxylic acids is 1. The maximum atomic E-state index is 13.4. The Morgan fingerprint density at radius 3 is 2.12 bits per heavy atom. The molecule has 0 spiro atoms. The molecule has 1 amide bonds. The van der Waals surface area contributed by atoms with Gasteiger partial charge in [0, 0.05) is 25.8 Å². The molecule has 0 radical (unpaired) electrons. The van der Waals surface area contributed by atoms with Crippen LogP contribution in [0.4, 0.5) is 5.69 Å². The summed E-state index contributed by atoms with van der Waals surface area (Å²) in [6, 6.07) is 4.02. The topological polar surface area (TPSA) is 38.3 Å². The molecule has 138 valence electrons. The highest BCUT2D eigenvalue weighted by Crippen LogP contribution is 2.79. The molecule has 1 aromatic carbocycles. The molecular weight excluding hydrogens is 329 g/mol. The van der Waals surface area contributed by atoms with Crippen LogP contribution in [0, 0.1) is 13.8 Å². The fourth-order valence-electron chi connectivity index (χ4n) is 4.85. The summed E-state index contributed by atoms with van der Waals surface area (Å²) in [6.07, 6.45) is 11.5. The van der Waals surface area contributed by atoms with E-state index < -0.39 is 7.26 Å². The lowest BCUT2D eigenvalue weighted by Crippen LogP contribution is -2.36. The quantitative estimate of drug-likeness (QED) is 0.713. The average molecular weight is 362 g/mol. The van der Waals surface area contributed by atoms with Crippen LogP contribution in [0.15, 0.2) is 12.1 Å². The molecular formula is C21H33NO2P+. The Morgan fingerprint density at radius 2 is 1.68 bits per heavy atom. The molecule has 3 nitrogen and oxygen atoms in total. The van der Waals surface area contributed by atoms with Crippen molar-refractivity contribution < 1.29 is 9.53 Å². The van der Waals surface area contributed by atoms with Gasteiger partial charge in [-0.2, -0.15) is 0 Å². The molecule has 0 unspecified atom stereocenters. The minimum atomic E-state index is -1.18. The Kier molecular flexibility index (Phi) is 5.44. The van der Waals surface area contributed by atoms with Gasteiger partial charge in [-0.3, -0.25) is 4.79 Å². The second kappa shape index (κ2) is 7.27. The van der Waals surface area contributed by atoms with E-state index in [4.69, 9.17) is 4.74 Å². The van der Waals surface area contributed by atoms with Crippen molar-refractivity contribution in [3.05, 3.63) is 23.3 Å². The maximum Gasteiger partial charge on any atom is 0.268 e. The molecule has 1 heterocycles. The van der Waals surface area contributed by atoms with Gasteiger partial charge in [0.05, 0.1) is 25.6 Å². The fraction of sp³-hybridized carbons (Fsp3) is 0.667. The number of benzene rings is 1. The third-order valence-electron chi connectivity index (χ3n) is 6.56. The molecule has 3 rings (SSSR count). The molecule has 1 aliphatic carbocycles. The van der Waals surface area contributed by atoms with Gasteiger partial charge in [0.2, 0.25) is 0 Å². The molecule has 0 bridgehead atoms. The summed E-state index contributed by atoms with van der Waals surface area (Å²) in [7, 11) is 0.506. The van der Waals surface area contributed by atoms with E-state index >= 15 is 0 Å². The Hall–Kier alpha value is -1.08. The zero-order chi connectivity index (χ0) is 18.1. The highest BCUT2D eigenvalue weighted by atomic mass is 31.2. The minimum Gasteiger partial charge on any atom is -0.497 e. The number of nitrogens with one attached hydrogen (secondary N) is 1. The van der Waals surface area contributed by atoms with E-state index in [1.54, 1.807) is 7.11 Å². The Balaban J connectivity index is 1.85. The first-order valence-corrected chi connectivity index (χ1v) is 12.2. The predicted molar refractivity (Wildman–Crippen MR) is 109 cm³/mol. The van der Waals surface area contributed by atoms with Crippen LogP contribution in [-0.4, -0.2) is 36.7 Å². The maximum absolute atomic E-state index is 13.4. The Bertz CT molecular complexity index is 620. The van der Waals surface area contributed by atoms with Crippen molar-refractivity contribution in [3.63, 3.8) is 0 Å². The van der Waals surface area contributed by atoms with Gasteiger partial charge in [0.15, 0.2) is 5.16 Å². The summed E-state index contributed by atoms with van der Waals surface area (Å²) < 4.78 is 5.35. The number of carbonyl (C=O) groups is 1. The number of hydrogen-bond acceptors (Lipinski definition) is 2. The lowest BCUT2D eigenvalue weighted by Gasteiger charge is -2.33. The molecule has 1 N–H and O–H groups in total. The van der Waals surface area contributed by atoms with Gasteiger partial charge in [-0.25, -0.2) is 0 Å². The van der Waals surface area contributed by atoms with Crippen LogP contribution in [-0.2, 0) is 4.79 Å². The zero-order valence-corrected chi connectivity index (χ0v) is 17.2. The van der Waals surface area contributed by atoms with E-state index in [9.17, 15) is 4.79 Å². The van der Waals surface area contributed by atoms with Crippen molar-refractivity contribution in [2.75, 3.05) is 30.9 Å². The van der Waals surface area contributed by atoms with E-state index in [1.807, 2.05) is 12.1 Å². The summed E-state index contributed by atoms with van der Waals surface area (Å²) in [6.45, 7) is 6.46. The lowest BCUT2D eigenvalue weighted by atomic mass is 10.1. The van der Waals surface area contributed by atoms with Crippen LogP contribution >= 0.6 is 7.26 Å². The van der Waals surface area contributed by atoms with Gasteiger partial charge < -0.3 is 10.1 Å². The Labute approximate surface area is 153 Å². The number of rotatable bonds is 5. The summed E-state index contributed by atoms with van der Waals surface area (Å²) >= 11 is 0. The first-order chi connectivity index (χ1) is 12.0. The number of hydrogen-bond donors (Lipinski definition) is 1. The van der Waals surface area contributed by atoms with Crippen molar-refractivity contribution in [1.29, 1.82) is 0 Å². The van der Waals surface area contributed by atoms with E-state index in [0.29, 0.717) is 5.91 Å². The summed E-state index contributed by atoms with van der Waals surface area (Å²) in [5, 5.41) is 3.32. The number of amides is 1. The van der Waals surface area contributed by atoms with E-state index in [2.05, 4.69) is 26.1 Å². The summed E-state index contributed by atoms with van der Waals surface area (Å²) in [4.78, 5) is 13.4.